The molecule has 0 unspecified atom stereocenters. The normalized spacial score (nSPS) is 15.3. The molecule has 29 heavy (non-hydrogen) atoms. The van der Waals surface area contributed by atoms with Gasteiger partial charge in [-0.3, -0.25) is 9.69 Å². The van der Waals surface area contributed by atoms with E-state index in [2.05, 4.69) is 13.8 Å². The summed E-state index contributed by atoms with van der Waals surface area (Å²) >= 11 is 6.72. The SMILES string of the molecule is COc1cc(/C=C2\SC(=S)N(c3ccccc3OC)C2=O)ccc1OCC(C)C. The third-order valence-corrected chi connectivity index (χ3v) is 5.48. The fourth-order valence-corrected chi connectivity index (χ4v) is 4.08. The summed E-state index contributed by atoms with van der Waals surface area (Å²) in [6, 6.07) is 12.9. The molecule has 0 aliphatic carbocycles. The number of rotatable bonds is 7. The van der Waals surface area contributed by atoms with Crippen LogP contribution in [0.3, 0.4) is 0 Å². The maximum atomic E-state index is 13.0. The second-order valence-corrected chi connectivity index (χ2v) is 8.48. The highest BCUT2D eigenvalue weighted by atomic mass is 32.2. The minimum absolute atomic E-state index is 0.177. The Balaban J connectivity index is 1.87. The number of nitrogens with zero attached hydrogens (tertiary/aromatic N) is 1. The van der Waals surface area contributed by atoms with Crippen molar-refractivity contribution < 1.29 is 19.0 Å². The molecule has 0 N–H and O–H groups in total. The molecule has 3 rings (SSSR count). The van der Waals surface area contributed by atoms with Crippen LogP contribution >= 0.6 is 24.0 Å². The van der Waals surface area contributed by atoms with Gasteiger partial charge in [0, 0.05) is 0 Å². The molecule has 152 valence electrons. The van der Waals surface area contributed by atoms with Crippen molar-refractivity contribution >= 4 is 46.0 Å². The van der Waals surface area contributed by atoms with Gasteiger partial charge in [0.1, 0.15) is 5.75 Å². The summed E-state index contributed by atoms with van der Waals surface area (Å²) in [6.07, 6.45) is 1.81. The molecule has 7 heteroatoms. The number of benzene rings is 2. The Morgan fingerprint density at radius 2 is 1.79 bits per heavy atom. The molecule has 0 saturated carbocycles. The number of para-hydroxylation sites is 2. The number of carbonyl (C=O) groups is 1. The lowest BCUT2D eigenvalue weighted by atomic mass is 10.1. The van der Waals surface area contributed by atoms with Crippen LogP contribution in [0.25, 0.3) is 6.08 Å². The van der Waals surface area contributed by atoms with E-state index in [1.54, 1.807) is 20.3 Å². The number of methoxy groups -OCH3 is 2. The summed E-state index contributed by atoms with van der Waals surface area (Å²) in [5.74, 6) is 2.14. The summed E-state index contributed by atoms with van der Waals surface area (Å²) < 4.78 is 17.1. The molecule has 2 aromatic carbocycles. The van der Waals surface area contributed by atoms with Crippen molar-refractivity contribution in [3.8, 4) is 17.2 Å². The largest absolute Gasteiger partial charge is 0.495 e. The molecule has 0 bridgehead atoms. The van der Waals surface area contributed by atoms with Gasteiger partial charge in [0.05, 0.1) is 31.4 Å². The molecule has 5 nitrogen and oxygen atoms in total. The van der Waals surface area contributed by atoms with E-state index < -0.39 is 0 Å². The first-order valence-corrected chi connectivity index (χ1v) is 10.4. The zero-order chi connectivity index (χ0) is 21.0. The Morgan fingerprint density at radius 1 is 1.07 bits per heavy atom. The van der Waals surface area contributed by atoms with Crippen LogP contribution in [0, 0.1) is 5.92 Å². The second-order valence-electron chi connectivity index (χ2n) is 6.80. The Morgan fingerprint density at radius 3 is 2.48 bits per heavy atom. The quantitative estimate of drug-likeness (QED) is 0.448. The van der Waals surface area contributed by atoms with E-state index >= 15 is 0 Å². The third kappa shape index (κ3) is 4.74. The summed E-state index contributed by atoms with van der Waals surface area (Å²) in [4.78, 5) is 15.1. The van der Waals surface area contributed by atoms with E-state index in [0.717, 1.165) is 5.56 Å². The Bertz CT molecular complexity index is 956. The molecular weight excluding hydrogens is 406 g/mol. The van der Waals surface area contributed by atoms with Gasteiger partial charge in [0.2, 0.25) is 0 Å². The number of anilines is 1. The molecule has 1 fully saturated rings. The number of carbonyl (C=O) groups excluding carboxylic acids is 1. The number of thioether (sulfide) groups is 1. The smallest absolute Gasteiger partial charge is 0.270 e. The van der Waals surface area contributed by atoms with E-state index in [4.69, 9.17) is 26.4 Å². The molecule has 0 radical (unpaired) electrons. The predicted octanol–water partition coefficient (Wildman–Crippen LogP) is 5.14. The number of hydrogen-bond acceptors (Lipinski definition) is 6. The zero-order valence-corrected chi connectivity index (χ0v) is 18.4. The van der Waals surface area contributed by atoms with Gasteiger partial charge in [-0.05, 0) is 41.8 Å². The van der Waals surface area contributed by atoms with Crippen molar-refractivity contribution in [2.24, 2.45) is 5.92 Å². The monoisotopic (exact) mass is 429 g/mol. The third-order valence-electron chi connectivity index (χ3n) is 4.18. The molecule has 2 aromatic rings. The van der Waals surface area contributed by atoms with Crippen molar-refractivity contribution in [2.75, 3.05) is 25.7 Å². The average molecular weight is 430 g/mol. The maximum absolute atomic E-state index is 13.0. The van der Waals surface area contributed by atoms with Gasteiger partial charge in [-0.15, -0.1) is 0 Å². The van der Waals surface area contributed by atoms with Crippen LogP contribution in [0.2, 0.25) is 0 Å². The maximum Gasteiger partial charge on any atom is 0.270 e. The Labute approximate surface area is 180 Å². The van der Waals surface area contributed by atoms with Gasteiger partial charge in [0.15, 0.2) is 15.8 Å². The highest BCUT2D eigenvalue weighted by molar-refractivity contribution is 8.27. The van der Waals surface area contributed by atoms with Gasteiger partial charge in [-0.25, -0.2) is 0 Å². The van der Waals surface area contributed by atoms with Crippen LogP contribution in [-0.4, -0.2) is 31.1 Å². The van der Waals surface area contributed by atoms with Crippen LogP contribution in [0.4, 0.5) is 5.69 Å². The molecule has 1 heterocycles. The van der Waals surface area contributed by atoms with Gasteiger partial charge < -0.3 is 14.2 Å². The lowest BCUT2D eigenvalue weighted by Crippen LogP contribution is -2.27. The summed E-state index contributed by atoms with van der Waals surface area (Å²) in [5.41, 5.74) is 1.47. The molecule has 0 aromatic heterocycles. The summed E-state index contributed by atoms with van der Waals surface area (Å²) in [7, 11) is 3.17. The predicted molar refractivity (Wildman–Crippen MR) is 122 cm³/mol. The van der Waals surface area contributed by atoms with Crippen LogP contribution in [0.1, 0.15) is 19.4 Å². The summed E-state index contributed by atoms with van der Waals surface area (Å²) in [6.45, 7) is 4.78. The van der Waals surface area contributed by atoms with E-state index in [-0.39, 0.29) is 5.91 Å². The first-order valence-electron chi connectivity index (χ1n) is 9.16. The first kappa shape index (κ1) is 21.2. The lowest BCUT2D eigenvalue weighted by Gasteiger charge is -2.17. The number of thiocarbonyl (C=S) groups is 1. The Hall–Kier alpha value is -2.51. The number of hydrogen-bond donors (Lipinski definition) is 0. The lowest BCUT2D eigenvalue weighted by molar-refractivity contribution is -0.113. The van der Waals surface area contributed by atoms with E-state index in [1.165, 1.54) is 16.7 Å². The summed E-state index contributed by atoms with van der Waals surface area (Å²) in [5, 5.41) is 0. The molecule has 0 spiro atoms. The van der Waals surface area contributed by atoms with Gasteiger partial charge >= 0.3 is 0 Å². The van der Waals surface area contributed by atoms with Crippen LogP contribution in [-0.2, 0) is 4.79 Å². The molecule has 1 amide bonds. The number of ether oxygens (including phenoxy) is 3. The van der Waals surface area contributed by atoms with E-state index in [0.29, 0.717) is 44.7 Å². The molecule has 1 aliphatic heterocycles. The second kappa shape index (κ2) is 9.33. The number of amides is 1. The van der Waals surface area contributed by atoms with E-state index in [9.17, 15) is 4.79 Å². The van der Waals surface area contributed by atoms with Crippen molar-refractivity contribution in [2.45, 2.75) is 13.8 Å². The molecule has 0 atom stereocenters. The first-order chi connectivity index (χ1) is 13.9. The van der Waals surface area contributed by atoms with E-state index in [1.807, 2.05) is 42.5 Å². The van der Waals surface area contributed by atoms with Gasteiger partial charge in [-0.1, -0.05) is 56.0 Å². The fraction of sp³-hybridized carbons (Fsp3) is 0.273. The molecular formula is C22H23NO4S2. The fourth-order valence-electron chi connectivity index (χ4n) is 2.79. The topological polar surface area (TPSA) is 48.0 Å². The van der Waals surface area contributed by atoms with Crippen LogP contribution in [0.15, 0.2) is 47.4 Å². The minimum atomic E-state index is -0.177. The van der Waals surface area contributed by atoms with Gasteiger partial charge in [-0.2, -0.15) is 0 Å². The zero-order valence-electron chi connectivity index (χ0n) is 16.8. The highest BCUT2D eigenvalue weighted by Gasteiger charge is 2.34. The minimum Gasteiger partial charge on any atom is -0.495 e. The molecule has 1 aliphatic rings. The van der Waals surface area contributed by atoms with Crippen molar-refractivity contribution in [3.63, 3.8) is 0 Å². The molecule has 1 saturated heterocycles. The highest BCUT2D eigenvalue weighted by Crippen LogP contribution is 2.40. The standard InChI is InChI=1S/C22H23NO4S2/c1-14(2)13-27-18-10-9-15(11-19(18)26-4)12-20-21(24)23(22(28)29-20)16-7-5-6-8-17(16)25-3/h5-12,14H,13H2,1-4H3/b20-12-. The average Bonchev–Trinajstić information content (AvgIpc) is 2.99. The van der Waals surface area contributed by atoms with Crippen molar-refractivity contribution in [3.05, 3.63) is 52.9 Å². The van der Waals surface area contributed by atoms with Gasteiger partial charge in [0.25, 0.3) is 5.91 Å². The van der Waals surface area contributed by atoms with Crippen LogP contribution in [0.5, 0.6) is 17.2 Å². The Kier molecular flexibility index (Phi) is 6.82. The van der Waals surface area contributed by atoms with Crippen molar-refractivity contribution in [1.29, 1.82) is 0 Å². The van der Waals surface area contributed by atoms with Crippen molar-refractivity contribution in [1.82, 2.24) is 0 Å². The van der Waals surface area contributed by atoms with Crippen LogP contribution < -0.4 is 19.1 Å².